The SMILES string of the molecule is CN(C)C(=O)Cc1cccc(C[C@@H](O)c2cccnc2)c1CN. The molecule has 0 unspecified atom stereocenters. The second-order valence-electron chi connectivity index (χ2n) is 5.73. The Morgan fingerprint density at radius 3 is 2.61 bits per heavy atom. The molecule has 0 aliphatic rings. The van der Waals surface area contributed by atoms with Crippen molar-refractivity contribution >= 4 is 5.91 Å². The molecule has 23 heavy (non-hydrogen) atoms. The summed E-state index contributed by atoms with van der Waals surface area (Å²) >= 11 is 0. The average molecular weight is 313 g/mol. The number of nitrogens with two attached hydrogens (primary N) is 1. The minimum absolute atomic E-state index is 0.0321. The molecule has 0 aliphatic carbocycles. The first-order valence-electron chi connectivity index (χ1n) is 7.60. The smallest absolute Gasteiger partial charge is 0.226 e. The minimum atomic E-state index is -0.645. The largest absolute Gasteiger partial charge is 0.388 e. The molecule has 1 atom stereocenters. The number of carbonyl (C=O) groups excluding carboxylic acids is 1. The van der Waals surface area contributed by atoms with E-state index in [1.165, 1.54) is 0 Å². The lowest BCUT2D eigenvalue weighted by Gasteiger charge is -2.17. The number of hydrogen-bond acceptors (Lipinski definition) is 4. The summed E-state index contributed by atoms with van der Waals surface area (Å²) in [7, 11) is 3.47. The summed E-state index contributed by atoms with van der Waals surface area (Å²) in [5, 5.41) is 10.4. The molecule has 5 nitrogen and oxygen atoms in total. The summed E-state index contributed by atoms with van der Waals surface area (Å²) in [5.74, 6) is 0.0321. The lowest BCUT2D eigenvalue weighted by molar-refractivity contribution is -0.127. The van der Waals surface area contributed by atoms with Crippen molar-refractivity contribution in [1.82, 2.24) is 9.88 Å². The number of carbonyl (C=O) groups is 1. The van der Waals surface area contributed by atoms with Crippen LogP contribution < -0.4 is 5.73 Å². The molecule has 122 valence electrons. The number of aliphatic hydroxyl groups is 1. The zero-order valence-electron chi connectivity index (χ0n) is 13.6. The first-order valence-corrected chi connectivity index (χ1v) is 7.60. The average Bonchev–Trinajstić information content (AvgIpc) is 2.55. The predicted molar refractivity (Wildman–Crippen MR) is 89.6 cm³/mol. The molecule has 5 heteroatoms. The topological polar surface area (TPSA) is 79.5 Å². The van der Waals surface area contributed by atoms with E-state index in [9.17, 15) is 9.90 Å². The zero-order valence-corrected chi connectivity index (χ0v) is 13.6. The van der Waals surface area contributed by atoms with E-state index < -0.39 is 6.10 Å². The minimum Gasteiger partial charge on any atom is -0.388 e. The number of rotatable bonds is 6. The Bertz CT molecular complexity index is 657. The van der Waals surface area contributed by atoms with Gasteiger partial charge in [0.05, 0.1) is 12.5 Å². The second kappa shape index (κ2) is 7.85. The Balaban J connectivity index is 2.23. The van der Waals surface area contributed by atoms with Gasteiger partial charge in [0.15, 0.2) is 0 Å². The lowest BCUT2D eigenvalue weighted by atomic mass is 9.93. The molecule has 3 N–H and O–H groups in total. The van der Waals surface area contributed by atoms with Crippen molar-refractivity contribution in [2.24, 2.45) is 5.73 Å². The van der Waals surface area contributed by atoms with E-state index in [1.54, 1.807) is 37.5 Å². The Morgan fingerprint density at radius 2 is 2.00 bits per heavy atom. The first-order chi connectivity index (χ1) is 11.0. The molecule has 1 amide bonds. The maximum Gasteiger partial charge on any atom is 0.226 e. The standard InChI is InChI=1S/C18H23N3O2/c1-21(2)18(23)10-14-6-3-5-13(16(14)11-19)9-17(22)15-7-4-8-20-12-15/h3-8,12,17,22H,9-11,19H2,1-2H3/t17-/m1/s1. The Labute approximate surface area is 136 Å². The summed E-state index contributed by atoms with van der Waals surface area (Å²) < 4.78 is 0. The van der Waals surface area contributed by atoms with E-state index >= 15 is 0 Å². The third kappa shape index (κ3) is 4.37. The van der Waals surface area contributed by atoms with Crippen molar-refractivity contribution in [1.29, 1.82) is 0 Å². The van der Waals surface area contributed by atoms with E-state index in [2.05, 4.69) is 4.98 Å². The molecule has 0 aliphatic heterocycles. The monoisotopic (exact) mass is 313 g/mol. The lowest BCUT2D eigenvalue weighted by Crippen LogP contribution is -2.24. The van der Waals surface area contributed by atoms with Crippen LogP contribution in [0.15, 0.2) is 42.7 Å². The second-order valence-corrected chi connectivity index (χ2v) is 5.73. The van der Waals surface area contributed by atoms with Crippen LogP contribution in [-0.2, 0) is 24.2 Å². The number of aliphatic hydroxyl groups excluding tert-OH is 1. The molecule has 1 aromatic carbocycles. The van der Waals surface area contributed by atoms with E-state index in [4.69, 9.17) is 5.73 Å². The third-order valence-electron chi connectivity index (χ3n) is 3.90. The number of nitrogens with zero attached hydrogens (tertiary/aromatic N) is 2. The molecule has 0 saturated heterocycles. The number of amides is 1. The van der Waals surface area contributed by atoms with Crippen LogP contribution in [-0.4, -0.2) is 35.0 Å². The van der Waals surface area contributed by atoms with Gasteiger partial charge in [-0.3, -0.25) is 9.78 Å². The summed E-state index contributed by atoms with van der Waals surface area (Å²) in [6, 6.07) is 9.42. The fourth-order valence-electron chi connectivity index (χ4n) is 2.53. The van der Waals surface area contributed by atoms with Crippen LogP contribution in [0.3, 0.4) is 0 Å². The van der Waals surface area contributed by atoms with E-state index in [0.717, 1.165) is 22.3 Å². The fourth-order valence-corrected chi connectivity index (χ4v) is 2.53. The molecular weight excluding hydrogens is 290 g/mol. The summed E-state index contributed by atoms with van der Waals surface area (Å²) in [6.45, 7) is 0.339. The van der Waals surface area contributed by atoms with Crippen molar-refractivity contribution in [2.75, 3.05) is 14.1 Å². The van der Waals surface area contributed by atoms with Gasteiger partial charge in [0.25, 0.3) is 0 Å². The van der Waals surface area contributed by atoms with Gasteiger partial charge in [-0.2, -0.15) is 0 Å². The molecule has 0 saturated carbocycles. The Kier molecular flexibility index (Phi) is 5.84. The van der Waals surface area contributed by atoms with Crippen molar-refractivity contribution < 1.29 is 9.90 Å². The van der Waals surface area contributed by atoms with Gasteiger partial charge >= 0.3 is 0 Å². The highest BCUT2D eigenvalue weighted by Gasteiger charge is 2.15. The van der Waals surface area contributed by atoms with Gasteiger partial charge in [0.1, 0.15) is 0 Å². The van der Waals surface area contributed by atoms with Crippen LogP contribution in [0.4, 0.5) is 0 Å². The first kappa shape index (κ1) is 17.1. The van der Waals surface area contributed by atoms with Crippen molar-refractivity contribution in [2.45, 2.75) is 25.5 Å². The summed E-state index contributed by atoms with van der Waals surface area (Å²) in [6.07, 6.45) is 3.45. The number of hydrogen-bond donors (Lipinski definition) is 2. The maximum absolute atomic E-state index is 12.0. The van der Waals surface area contributed by atoms with Gasteiger partial charge in [-0.1, -0.05) is 24.3 Å². The summed E-state index contributed by atoms with van der Waals surface area (Å²) in [4.78, 5) is 17.6. The summed E-state index contributed by atoms with van der Waals surface area (Å²) in [5.41, 5.74) is 9.49. The van der Waals surface area contributed by atoms with E-state index in [-0.39, 0.29) is 5.91 Å². The quantitative estimate of drug-likeness (QED) is 0.846. The third-order valence-corrected chi connectivity index (χ3v) is 3.90. The molecule has 0 radical (unpaired) electrons. The van der Waals surface area contributed by atoms with Crippen LogP contribution in [0.5, 0.6) is 0 Å². The van der Waals surface area contributed by atoms with Gasteiger partial charge in [-0.25, -0.2) is 0 Å². The van der Waals surface area contributed by atoms with Crippen LogP contribution in [0.2, 0.25) is 0 Å². The van der Waals surface area contributed by atoms with Gasteiger partial charge < -0.3 is 15.7 Å². The molecule has 0 fully saturated rings. The fraction of sp³-hybridized carbons (Fsp3) is 0.333. The number of aromatic nitrogens is 1. The molecule has 1 aromatic heterocycles. The molecule has 2 aromatic rings. The molecule has 0 bridgehead atoms. The highest BCUT2D eigenvalue weighted by atomic mass is 16.3. The van der Waals surface area contributed by atoms with Gasteiger partial charge in [0.2, 0.25) is 5.91 Å². The van der Waals surface area contributed by atoms with Crippen LogP contribution in [0, 0.1) is 0 Å². The normalized spacial score (nSPS) is 12.0. The van der Waals surface area contributed by atoms with Crippen LogP contribution in [0.25, 0.3) is 0 Å². The number of likely N-dealkylation sites (N-methyl/N-ethyl adjacent to an activating group) is 1. The Morgan fingerprint density at radius 1 is 1.26 bits per heavy atom. The maximum atomic E-state index is 12.0. The Hall–Kier alpha value is -2.24. The number of pyridine rings is 1. The van der Waals surface area contributed by atoms with Crippen molar-refractivity contribution in [3.05, 3.63) is 65.0 Å². The number of benzene rings is 1. The highest BCUT2D eigenvalue weighted by Crippen LogP contribution is 2.22. The van der Waals surface area contributed by atoms with Crippen LogP contribution >= 0.6 is 0 Å². The van der Waals surface area contributed by atoms with Gasteiger partial charge in [-0.15, -0.1) is 0 Å². The molecule has 0 spiro atoms. The van der Waals surface area contributed by atoms with Crippen molar-refractivity contribution in [3.63, 3.8) is 0 Å². The van der Waals surface area contributed by atoms with Gasteiger partial charge in [0, 0.05) is 39.5 Å². The predicted octanol–water partition coefficient (Wildman–Crippen LogP) is 1.45. The zero-order chi connectivity index (χ0) is 16.8. The molecule has 1 heterocycles. The van der Waals surface area contributed by atoms with Crippen LogP contribution in [0.1, 0.15) is 28.4 Å². The van der Waals surface area contributed by atoms with E-state index in [0.29, 0.717) is 19.4 Å². The van der Waals surface area contributed by atoms with E-state index in [1.807, 2.05) is 24.3 Å². The molecule has 2 rings (SSSR count). The highest BCUT2D eigenvalue weighted by molar-refractivity contribution is 5.78. The molecular formula is C18H23N3O2. The van der Waals surface area contributed by atoms with Crippen molar-refractivity contribution in [3.8, 4) is 0 Å². The van der Waals surface area contributed by atoms with Gasteiger partial charge in [-0.05, 0) is 28.3 Å².